The second-order valence-corrected chi connectivity index (χ2v) is 8.37. The highest BCUT2D eigenvalue weighted by atomic mass is 16.6. The maximum Gasteiger partial charge on any atom is 0.295 e. The van der Waals surface area contributed by atoms with Gasteiger partial charge in [0.15, 0.2) is 11.5 Å². The number of benzene rings is 3. The molecular formula is C28H25NO5. The van der Waals surface area contributed by atoms with Gasteiger partial charge in [0.2, 0.25) is 0 Å². The van der Waals surface area contributed by atoms with Crippen LogP contribution in [0.1, 0.15) is 35.2 Å². The van der Waals surface area contributed by atoms with Crippen molar-refractivity contribution in [2.45, 2.75) is 25.9 Å². The zero-order valence-corrected chi connectivity index (χ0v) is 18.9. The molecule has 2 aliphatic heterocycles. The standard InChI is InChI=1S/C28H25NO5/c1-2-18-8-10-20(11-9-18)25-24(26(30)21-12-13-22-23(16-21)34-15-14-33-22)27(31)28(32)29(25)17-19-6-4-3-5-7-19/h3-13,16,25,30H,2,14-15,17H2,1H3/b26-24+/t25-/m0/s1. The van der Waals surface area contributed by atoms with E-state index in [0.29, 0.717) is 30.3 Å². The normalized spacial score (nSPS) is 18.9. The molecule has 1 fully saturated rings. The molecule has 1 amide bonds. The fraction of sp³-hybridized carbons (Fsp3) is 0.214. The van der Waals surface area contributed by atoms with Crippen LogP contribution in [0, 0.1) is 0 Å². The Morgan fingerprint density at radius 2 is 1.62 bits per heavy atom. The molecular weight excluding hydrogens is 430 g/mol. The van der Waals surface area contributed by atoms with Crippen molar-refractivity contribution < 1.29 is 24.2 Å². The van der Waals surface area contributed by atoms with Crippen molar-refractivity contribution in [2.24, 2.45) is 0 Å². The third-order valence-corrected chi connectivity index (χ3v) is 6.26. The van der Waals surface area contributed by atoms with Crippen LogP contribution in [0.15, 0.2) is 78.4 Å². The summed E-state index contributed by atoms with van der Waals surface area (Å²) in [5, 5.41) is 11.3. The molecule has 6 nitrogen and oxygen atoms in total. The Labute approximate surface area is 198 Å². The van der Waals surface area contributed by atoms with E-state index in [2.05, 4.69) is 6.92 Å². The van der Waals surface area contributed by atoms with E-state index in [-0.39, 0.29) is 17.9 Å². The molecule has 1 N–H and O–H groups in total. The molecule has 3 aromatic rings. The molecule has 2 heterocycles. The molecule has 5 rings (SSSR count). The first-order chi connectivity index (χ1) is 16.6. The number of aliphatic hydroxyl groups is 1. The van der Waals surface area contributed by atoms with E-state index in [0.717, 1.165) is 23.1 Å². The number of rotatable bonds is 5. The van der Waals surface area contributed by atoms with Gasteiger partial charge in [0, 0.05) is 12.1 Å². The molecule has 1 saturated heterocycles. The Hall–Kier alpha value is -4.06. The highest BCUT2D eigenvalue weighted by Gasteiger charge is 2.46. The molecule has 0 saturated carbocycles. The molecule has 1 atom stereocenters. The van der Waals surface area contributed by atoms with Gasteiger partial charge in [-0.3, -0.25) is 9.59 Å². The van der Waals surface area contributed by atoms with Gasteiger partial charge in [-0.15, -0.1) is 0 Å². The number of aliphatic hydroxyl groups excluding tert-OH is 1. The number of Topliss-reactive ketones (excluding diaryl/α,β-unsaturated/α-hetero) is 1. The van der Waals surface area contributed by atoms with Crippen LogP contribution in [0.4, 0.5) is 0 Å². The van der Waals surface area contributed by atoms with Gasteiger partial charge in [-0.25, -0.2) is 0 Å². The summed E-state index contributed by atoms with van der Waals surface area (Å²) < 4.78 is 11.2. The van der Waals surface area contributed by atoms with Crippen molar-refractivity contribution in [3.8, 4) is 11.5 Å². The largest absolute Gasteiger partial charge is 0.507 e. The maximum absolute atomic E-state index is 13.3. The van der Waals surface area contributed by atoms with Gasteiger partial charge in [-0.2, -0.15) is 0 Å². The minimum atomic E-state index is -0.709. The molecule has 0 bridgehead atoms. The molecule has 172 valence electrons. The van der Waals surface area contributed by atoms with Crippen LogP contribution >= 0.6 is 0 Å². The summed E-state index contributed by atoms with van der Waals surface area (Å²) in [6.07, 6.45) is 0.877. The zero-order valence-electron chi connectivity index (χ0n) is 18.9. The van der Waals surface area contributed by atoms with E-state index >= 15 is 0 Å². The number of hydrogen-bond acceptors (Lipinski definition) is 5. The fourth-order valence-corrected chi connectivity index (χ4v) is 4.45. The van der Waals surface area contributed by atoms with Gasteiger partial charge in [-0.05, 0) is 41.3 Å². The third-order valence-electron chi connectivity index (χ3n) is 6.26. The zero-order chi connectivity index (χ0) is 23.7. The summed E-state index contributed by atoms with van der Waals surface area (Å²) >= 11 is 0. The number of aryl methyl sites for hydroxylation is 1. The first-order valence-corrected chi connectivity index (χ1v) is 11.4. The van der Waals surface area contributed by atoms with Crippen molar-refractivity contribution in [3.63, 3.8) is 0 Å². The molecule has 0 aromatic heterocycles. The van der Waals surface area contributed by atoms with Gasteiger partial charge >= 0.3 is 0 Å². The van der Waals surface area contributed by atoms with Crippen LogP contribution in [0.3, 0.4) is 0 Å². The lowest BCUT2D eigenvalue weighted by molar-refractivity contribution is -0.140. The van der Waals surface area contributed by atoms with Gasteiger partial charge in [0.1, 0.15) is 19.0 Å². The molecule has 6 heteroatoms. The van der Waals surface area contributed by atoms with Crippen LogP contribution < -0.4 is 9.47 Å². The lowest BCUT2D eigenvalue weighted by Gasteiger charge is -2.26. The Balaban J connectivity index is 1.62. The number of hydrogen-bond donors (Lipinski definition) is 1. The van der Waals surface area contributed by atoms with Gasteiger partial charge < -0.3 is 19.5 Å². The second kappa shape index (κ2) is 9.06. The maximum atomic E-state index is 13.3. The number of amides is 1. The van der Waals surface area contributed by atoms with E-state index in [1.54, 1.807) is 18.2 Å². The van der Waals surface area contributed by atoms with Crippen molar-refractivity contribution in [2.75, 3.05) is 13.2 Å². The second-order valence-electron chi connectivity index (χ2n) is 8.37. The highest BCUT2D eigenvalue weighted by molar-refractivity contribution is 6.46. The van der Waals surface area contributed by atoms with Crippen LogP contribution in [0.5, 0.6) is 11.5 Å². The molecule has 0 unspecified atom stereocenters. The number of ether oxygens (including phenoxy) is 2. The molecule has 34 heavy (non-hydrogen) atoms. The van der Waals surface area contributed by atoms with E-state index in [1.165, 1.54) is 4.90 Å². The average molecular weight is 456 g/mol. The Morgan fingerprint density at radius 3 is 2.32 bits per heavy atom. The highest BCUT2D eigenvalue weighted by Crippen LogP contribution is 2.41. The average Bonchev–Trinajstić information content (AvgIpc) is 3.13. The Kier molecular flexibility index (Phi) is 5.80. The van der Waals surface area contributed by atoms with E-state index in [4.69, 9.17) is 9.47 Å². The number of ketones is 1. The molecule has 0 aliphatic carbocycles. The molecule has 2 aliphatic rings. The number of likely N-dealkylation sites (tertiary alicyclic amines) is 1. The summed E-state index contributed by atoms with van der Waals surface area (Å²) in [4.78, 5) is 28.0. The first-order valence-electron chi connectivity index (χ1n) is 11.4. The van der Waals surface area contributed by atoms with Gasteiger partial charge in [0.05, 0.1) is 11.6 Å². The van der Waals surface area contributed by atoms with Crippen molar-refractivity contribution in [3.05, 3.63) is 101 Å². The van der Waals surface area contributed by atoms with Gasteiger partial charge in [-0.1, -0.05) is 61.5 Å². The van der Waals surface area contributed by atoms with Crippen molar-refractivity contribution in [1.29, 1.82) is 0 Å². The molecule has 0 radical (unpaired) electrons. The quantitative estimate of drug-likeness (QED) is 0.345. The van der Waals surface area contributed by atoms with Crippen LogP contribution in [0.25, 0.3) is 5.76 Å². The fourth-order valence-electron chi connectivity index (χ4n) is 4.45. The Morgan fingerprint density at radius 1 is 0.912 bits per heavy atom. The number of carbonyl (C=O) groups excluding carboxylic acids is 2. The van der Waals surface area contributed by atoms with Crippen LogP contribution in [0.2, 0.25) is 0 Å². The Bertz CT molecular complexity index is 1260. The lowest BCUT2D eigenvalue weighted by atomic mass is 9.94. The smallest absolute Gasteiger partial charge is 0.295 e. The first kappa shape index (κ1) is 21.8. The summed E-state index contributed by atoms with van der Waals surface area (Å²) in [5.74, 6) is -0.479. The van der Waals surface area contributed by atoms with Crippen molar-refractivity contribution in [1.82, 2.24) is 4.90 Å². The topological polar surface area (TPSA) is 76.1 Å². The van der Waals surface area contributed by atoms with E-state index in [1.807, 2.05) is 54.6 Å². The van der Waals surface area contributed by atoms with E-state index < -0.39 is 17.7 Å². The lowest BCUT2D eigenvalue weighted by Crippen LogP contribution is -2.29. The predicted molar refractivity (Wildman–Crippen MR) is 128 cm³/mol. The van der Waals surface area contributed by atoms with Gasteiger partial charge in [0.25, 0.3) is 11.7 Å². The summed E-state index contributed by atoms with van der Waals surface area (Å²) in [6, 6.07) is 21.6. The SMILES string of the molecule is CCc1ccc([C@H]2/C(=C(\O)c3ccc4c(c3)OCCO4)C(=O)C(=O)N2Cc2ccccc2)cc1. The minimum Gasteiger partial charge on any atom is -0.507 e. The monoisotopic (exact) mass is 455 g/mol. The van der Waals surface area contributed by atoms with Crippen LogP contribution in [-0.2, 0) is 22.6 Å². The summed E-state index contributed by atoms with van der Waals surface area (Å²) in [7, 11) is 0. The third kappa shape index (κ3) is 3.92. The van der Waals surface area contributed by atoms with E-state index in [9.17, 15) is 14.7 Å². The van der Waals surface area contributed by atoms with Crippen molar-refractivity contribution >= 4 is 17.4 Å². The minimum absolute atomic E-state index is 0.0712. The number of nitrogens with zero attached hydrogens (tertiary/aromatic N) is 1. The summed E-state index contributed by atoms with van der Waals surface area (Å²) in [5.41, 5.74) is 3.29. The molecule has 3 aromatic carbocycles. The number of carbonyl (C=O) groups is 2. The summed E-state index contributed by atoms with van der Waals surface area (Å²) in [6.45, 7) is 3.18. The van der Waals surface area contributed by atoms with Crippen LogP contribution in [-0.4, -0.2) is 34.9 Å². The molecule has 0 spiro atoms. The number of fused-ring (bicyclic) bond motifs is 1. The predicted octanol–water partition coefficient (Wildman–Crippen LogP) is 4.64.